The molecule has 114 valence electrons. The first-order valence-corrected chi connectivity index (χ1v) is 7.83. The summed E-state index contributed by atoms with van der Waals surface area (Å²) in [6.45, 7) is 8.26. The van der Waals surface area contributed by atoms with E-state index in [1.54, 1.807) is 0 Å². The van der Waals surface area contributed by atoms with Gasteiger partial charge in [-0.15, -0.1) is 0 Å². The molecule has 0 aliphatic rings. The molecule has 1 heterocycles. The zero-order valence-electron chi connectivity index (χ0n) is 13.3. The van der Waals surface area contributed by atoms with Crippen LogP contribution in [0.25, 0.3) is 0 Å². The molecule has 0 saturated carbocycles. The Morgan fingerprint density at radius 3 is 2.48 bits per heavy atom. The van der Waals surface area contributed by atoms with Gasteiger partial charge in [0.1, 0.15) is 0 Å². The first-order chi connectivity index (χ1) is 10.2. The first kappa shape index (κ1) is 15.4. The van der Waals surface area contributed by atoms with Crippen LogP contribution in [0, 0.1) is 0 Å². The predicted octanol–water partition coefficient (Wildman–Crippen LogP) is 3.85. The lowest BCUT2D eigenvalue weighted by atomic mass is 10.2. The molecule has 2 rings (SSSR count). The van der Waals surface area contributed by atoms with E-state index in [1.165, 1.54) is 0 Å². The minimum atomic E-state index is 0.496. The molecular weight excluding hydrogens is 260 g/mol. The van der Waals surface area contributed by atoms with Crippen molar-refractivity contribution in [1.29, 1.82) is 0 Å². The monoisotopic (exact) mass is 286 g/mol. The van der Waals surface area contributed by atoms with Crippen LogP contribution in [-0.2, 0) is 6.54 Å². The van der Waals surface area contributed by atoms with Crippen LogP contribution < -0.4 is 10.6 Å². The van der Waals surface area contributed by atoms with Gasteiger partial charge in [0.2, 0.25) is 0 Å². The lowest BCUT2D eigenvalue weighted by Crippen LogP contribution is -2.23. The standard InChI is InChI=1S/C17H26N4/c1-4-15(5-2)21-12-11-14(19-21)13-20(6-3)17-10-8-7-9-16(17)18/h7-12,15H,4-6,13,18H2,1-3H3. The van der Waals surface area contributed by atoms with E-state index in [0.29, 0.717) is 6.04 Å². The van der Waals surface area contributed by atoms with E-state index in [1.807, 2.05) is 18.2 Å². The molecule has 0 radical (unpaired) electrons. The van der Waals surface area contributed by atoms with E-state index >= 15 is 0 Å². The molecule has 0 atom stereocenters. The highest BCUT2D eigenvalue weighted by Gasteiger charge is 2.12. The van der Waals surface area contributed by atoms with Crippen molar-refractivity contribution in [2.24, 2.45) is 0 Å². The molecule has 4 nitrogen and oxygen atoms in total. The third-order valence-corrected chi connectivity index (χ3v) is 3.99. The maximum absolute atomic E-state index is 6.08. The highest BCUT2D eigenvalue weighted by atomic mass is 15.3. The van der Waals surface area contributed by atoms with Crippen molar-refractivity contribution < 1.29 is 0 Å². The number of anilines is 2. The quantitative estimate of drug-likeness (QED) is 0.786. The van der Waals surface area contributed by atoms with Crippen molar-refractivity contribution in [2.75, 3.05) is 17.2 Å². The Balaban J connectivity index is 2.14. The van der Waals surface area contributed by atoms with Crippen LogP contribution in [-0.4, -0.2) is 16.3 Å². The molecule has 0 spiro atoms. The average molecular weight is 286 g/mol. The molecule has 4 heteroatoms. The van der Waals surface area contributed by atoms with Gasteiger partial charge in [0.15, 0.2) is 0 Å². The number of hydrogen-bond acceptors (Lipinski definition) is 3. The lowest BCUT2D eigenvalue weighted by molar-refractivity contribution is 0.425. The van der Waals surface area contributed by atoms with Gasteiger partial charge in [-0.2, -0.15) is 5.10 Å². The van der Waals surface area contributed by atoms with Crippen molar-refractivity contribution in [1.82, 2.24) is 9.78 Å². The Morgan fingerprint density at radius 2 is 1.86 bits per heavy atom. The molecule has 0 aliphatic carbocycles. The fourth-order valence-corrected chi connectivity index (χ4v) is 2.67. The number of nitrogen functional groups attached to an aromatic ring is 1. The summed E-state index contributed by atoms with van der Waals surface area (Å²) in [5.41, 5.74) is 9.07. The van der Waals surface area contributed by atoms with Gasteiger partial charge in [-0.05, 0) is 38.0 Å². The topological polar surface area (TPSA) is 47.1 Å². The van der Waals surface area contributed by atoms with Crippen LogP contribution in [0.2, 0.25) is 0 Å². The molecule has 2 N–H and O–H groups in total. The zero-order chi connectivity index (χ0) is 15.2. The van der Waals surface area contributed by atoms with Gasteiger partial charge >= 0.3 is 0 Å². The molecule has 0 unspecified atom stereocenters. The van der Waals surface area contributed by atoms with Gasteiger partial charge < -0.3 is 10.6 Å². The van der Waals surface area contributed by atoms with Crippen LogP contribution in [0.5, 0.6) is 0 Å². The Kier molecular flexibility index (Phi) is 5.26. The highest BCUT2D eigenvalue weighted by molar-refractivity contribution is 5.67. The second kappa shape index (κ2) is 7.16. The second-order valence-electron chi connectivity index (χ2n) is 5.33. The van der Waals surface area contributed by atoms with Crippen LogP contribution in [0.15, 0.2) is 36.5 Å². The number of nitrogens with zero attached hydrogens (tertiary/aromatic N) is 3. The molecule has 0 saturated heterocycles. The average Bonchev–Trinajstić information content (AvgIpc) is 2.95. The summed E-state index contributed by atoms with van der Waals surface area (Å²) in [5, 5.41) is 4.73. The van der Waals surface area contributed by atoms with Crippen molar-refractivity contribution >= 4 is 11.4 Å². The van der Waals surface area contributed by atoms with E-state index in [4.69, 9.17) is 10.8 Å². The SMILES string of the molecule is CCC(CC)n1ccc(CN(CC)c2ccccc2N)n1. The van der Waals surface area contributed by atoms with E-state index in [2.05, 4.69) is 48.7 Å². The molecule has 0 amide bonds. The maximum Gasteiger partial charge on any atom is 0.0817 e. The van der Waals surface area contributed by atoms with Crippen molar-refractivity contribution in [3.63, 3.8) is 0 Å². The Bertz CT molecular complexity index is 557. The highest BCUT2D eigenvalue weighted by Crippen LogP contribution is 2.24. The van der Waals surface area contributed by atoms with Crippen LogP contribution in [0.3, 0.4) is 0 Å². The summed E-state index contributed by atoms with van der Waals surface area (Å²) >= 11 is 0. The molecule has 21 heavy (non-hydrogen) atoms. The van der Waals surface area contributed by atoms with Gasteiger partial charge in [-0.3, -0.25) is 4.68 Å². The minimum absolute atomic E-state index is 0.496. The van der Waals surface area contributed by atoms with Crippen LogP contribution >= 0.6 is 0 Å². The normalized spacial score (nSPS) is 11.0. The predicted molar refractivity (Wildman–Crippen MR) is 89.4 cm³/mol. The minimum Gasteiger partial charge on any atom is -0.397 e. The molecular formula is C17H26N4. The molecule has 0 aliphatic heterocycles. The fraction of sp³-hybridized carbons (Fsp3) is 0.471. The maximum atomic E-state index is 6.08. The van der Waals surface area contributed by atoms with E-state index in [9.17, 15) is 0 Å². The first-order valence-electron chi connectivity index (χ1n) is 7.83. The number of nitrogens with two attached hydrogens (primary N) is 1. The van der Waals surface area contributed by atoms with Gasteiger partial charge in [-0.1, -0.05) is 26.0 Å². The van der Waals surface area contributed by atoms with Gasteiger partial charge in [0, 0.05) is 12.7 Å². The summed E-state index contributed by atoms with van der Waals surface area (Å²) in [4.78, 5) is 2.26. The van der Waals surface area contributed by atoms with Crippen LogP contribution in [0.4, 0.5) is 11.4 Å². The van der Waals surface area contributed by atoms with Gasteiger partial charge in [0.05, 0.1) is 29.7 Å². The van der Waals surface area contributed by atoms with Gasteiger partial charge in [-0.25, -0.2) is 0 Å². The number of aromatic nitrogens is 2. The molecule has 2 aromatic rings. The number of hydrogen-bond donors (Lipinski definition) is 1. The third-order valence-electron chi connectivity index (χ3n) is 3.99. The molecule has 1 aromatic carbocycles. The Hall–Kier alpha value is -1.97. The zero-order valence-corrected chi connectivity index (χ0v) is 13.3. The second-order valence-corrected chi connectivity index (χ2v) is 5.33. The lowest BCUT2D eigenvalue weighted by Gasteiger charge is -2.23. The Labute approximate surface area is 127 Å². The van der Waals surface area contributed by atoms with Crippen molar-refractivity contribution in [3.05, 3.63) is 42.2 Å². The fourth-order valence-electron chi connectivity index (χ4n) is 2.67. The Morgan fingerprint density at radius 1 is 1.14 bits per heavy atom. The summed E-state index contributed by atoms with van der Waals surface area (Å²) in [7, 11) is 0. The molecule has 0 fully saturated rings. The summed E-state index contributed by atoms with van der Waals surface area (Å²) in [6, 6.07) is 10.6. The van der Waals surface area contributed by atoms with E-state index in [0.717, 1.165) is 43.0 Å². The number of para-hydroxylation sites is 2. The number of benzene rings is 1. The summed E-state index contributed by atoms with van der Waals surface area (Å²) in [5.74, 6) is 0. The number of rotatable bonds is 7. The van der Waals surface area contributed by atoms with Crippen molar-refractivity contribution in [2.45, 2.75) is 46.2 Å². The third kappa shape index (κ3) is 3.57. The van der Waals surface area contributed by atoms with Crippen molar-refractivity contribution in [3.8, 4) is 0 Å². The van der Waals surface area contributed by atoms with Crippen LogP contribution in [0.1, 0.15) is 45.3 Å². The smallest absolute Gasteiger partial charge is 0.0817 e. The molecule has 1 aromatic heterocycles. The van der Waals surface area contributed by atoms with E-state index in [-0.39, 0.29) is 0 Å². The van der Waals surface area contributed by atoms with Gasteiger partial charge in [0.25, 0.3) is 0 Å². The van der Waals surface area contributed by atoms with E-state index < -0.39 is 0 Å². The molecule has 0 bridgehead atoms. The largest absolute Gasteiger partial charge is 0.397 e. The summed E-state index contributed by atoms with van der Waals surface area (Å²) < 4.78 is 2.09. The summed E-state index contributed by atoms with van der Waals surface area (Å²) in [6.07, 6.45) is 4.32.